The highest BCUT2D eigenvalue weighted by atomic mass is 127. The number of amides is 1. The molecule has 2 aliphatic rings. The van der Waals surface area contributed by atoms with E-state index in [0.717, 1.165) is 57.3 Å². The molecule has 0 aromatic heterocycles. The zero-order valence-corrected chi connectivity index (χ0v) is 21.7. The van der Waals surface area contributed by atoms with Gasteiger partial charge in [-0.15, -0.1) is 24.0 Å². The Labute approximate surface area is 200 Å². The topological polar surface area (TPSA) is 75.2 Å². The maximum atomic E-state index is 11.6. The molecular weight excluding hydrogens is 495 g/mol. The number of likely N-dealkylation sites (tertiary alicyclic amines) is 1. The van der Waals surface area contributed by atoms with E-state index < -0.39 is 5.60 Å². The molecule has 1 amide bonds. The van der Waals surface area contributed by atoms with Crippen LogP contribution in [-0.2, 0) is 9.47 Å². The molecule has 0 atom stereocenters. The number of nitrogens with zero attached hydrogens (tertiary/aromatic N) is 2. The van der Waals surface area contributed by atoms with Gasteiger partial charge in [-0.3, -0.25) is 4.99 Å². The number of guanidine groups is 1. The molecule has 1 aliphatic heterocycles. The van der Waals surface area contributed by atoms with E-state index in [0.29, 0.717) is 19.3 Å². The Hall–Kier alpha value is -0.770. The van der Waals surface area contributed by atoms with Crippen LogP contribution in [0.3, 0.4) is 0 Å². The summed E-state index contributed by atoms with van der Waals surface area (Å²) < 4.78 is 11.2. The van der Waals surface area contributed by atoms with Crippen molar-refractivity contribution in [2.24, 2.45) is 10.9 Å². The fourth-order valence-electron chi connectivity index (χ4n) is 3.46. The minimum atomic E-state index is -0.458. The van der Waals surface area contributed by atoms with Gasteiger partial charge in [0.25, 0.3) is 0 Å². The zero-order chi connectivity index (χ0) is 21.1. The average molecular weight is 539 g/mol. The molecule has 1 saturated heterocycles. The molecule has 0 aromatic carbocycles. The van der Waals surface area contributed by atoms with E-state index in [2.05, 4.69) is 22.5 Å². The summed E-state index contributed by atoms with van der Waals surface area (Å²) in [6.07, 6.45) is 8.16. The summed E-state index contributed by atoms with van der Waals surface area (Å²) in [5.74, 6) is 2.04. The van der Waals surface area contributed by atoms with Crippen LogP contribution < -0.4 is 10.6 Å². The summed E-state index contributed by atoms with van der Waals surface area (Å²) >= 11 is 0. The quantitative estimate of drug-likeness (QED) is 0.189. The monoisotopic (exact) mass is 538 g/mol. The van der Waals surface area contributed by atoms with Crippen LogP contribution in [0.1, 0.15) is 72.6 Å². The number of ether oxygens (including phenoxy) is 2. The number of piperidine rings is 1. The van der Waals surface area contributed by atoms with Gasteiger partial charge in [0, 0.05) is 39.3 Å². The maximum absolute atomic E-state index is 11.6. The summed E-state index contributed by atoms with van der Waals surface area (Å²) in [4.78, 5) is 18.8. The van der Waals surface area contributed by atoms with E-state index in [1.807, 2.05) is 20.8 Å². The molecule has 0 bridgehead atoms. The zero-order valence-electron chi connectivity index (χ0n) is 19.4. The van der Waals surface area contributed by atoms with E-state index in [9.17, 15) is 4.79 Å². The van der Waals surface area contributed by atoms with E-state index in [1.165, 1.54) is 25.7 Å². The van der Waals surface area contributed by atoms with Gasteiger partial charge in [-0.2, -0.15) is 0 Å². The number of rotatable bonds is 10. The number of alkyl carbamates (subject to hydrolysis) is 1. The maximum Gasteiger partial charge on any atom is 0.407 e. The lowest BCUT2D eigenvalue weighted by molar-refractivity contribution is 0.0170. The van der Waals surface area contributed by atoms with E-state index in [4.69, 9.17) is 14.5 Å². The third-order valence-corrected chi connectivity index (χ3v) is 5.15. The van der Waals surface area contributed by atoms with Gasteiger partial charge in [0.05, 0.1) is 6.10 Å². The first-order chi connectivity index (χ1) is 13.9. The summed E-state index contributed by atoms with van der Waals surface area (Å²) in [5, 5.41) is 6.22. The van der Waals surface area contributed by atoms with Gasteiger partial charge in [0.2, 0.25) is 0 Å². The van der Waals surface area contributed by atoms with Gasteiger partial charge in [-0.25, -0.2) is 4.79 Å². The van der Waals surface area contributed by atoms with Gasteiger partial charge in [-0.05, 0) is 65.7 Å². The Balaban J connectivity index is 0.00000450. The van der Waals surface area contributed by atoms with Gasteiger partial charge in [-0.1, -0.05) is 12.8 Å². The van der Waals surface area contributed by atoms with Gasteiger partial charge in [0.1, 0.15) is 5.60 Å². The van der Waals surface area contributed by atoms with Crippen molar-refractivity contribution in [3.63, 3.8) is 0 Å². The summed E-state index contributed by atoms with van der Waals surface area (Å²) in [6, 6.07) is 0. The molecule has 2 N–H and O–H groups in total. The Morgan fingerprint density at radius 2 is 1.80 bits per heavy atom. The van der Waals surface area contributed by atoms with Crippen molar-refractivity contribution < 1.29 is 14.3 Å². The number of halogens is 1. The normalized spacial score (nSPS) is 18.0. The van der Waals surface area contributed by atoms with Crippen molar-refractivity contribution in [1.29, 1.82) is 0 Å². The van der Waals surface area contributed by atoms with Crippen molar-refractivity contribution in [2.45, 2.75) is 84.3 Å². The fraction of sp³-hybridized carbons (Fsp3) is 0.909. The van der Waals surface area contributed by atoms with Crippen molar-refractivity contribution in [3.05, 3.63) is 0 Å². The molecule has 176 valence electrons. The van der Waals surface area contributed by atoms with Crippen LogP contribution in [0.5, 0.6) is 0 Å². The van der Waals surface area contributed by atoms with Crippen LogP contribution in [0.4, 0.5) is 4.79 Å². The van der Waals surface area contributed by atoms with E-state index >= 15 is 0 Å². The highest BCUT2D eigenvalue weighted by molar-refractivity contribution is 14.0. The van der Waals surface area contributed by atoms with Crippen LogP contribution in [0.25, 0.3) is 0 Å². The molecule has 7 nitrogen and oxygen atoms in total. The van der Waals surface area contributed by atoms with Gasteiger partial charge in [0.15, 0.2) is 5.96 Å². The predicted octanol–water partition coefficient (Wildman–Crippen LogP) is 4.16. The lowest BCUT2D eigenvalue weighted by atomic mass is 10.1. The van der Waals surface area contributed by atoms with Crippen LogP contribution in [-0.4, -0.2) is 68.0 Å². The smallest absolute Gasteiger partial charge is 0.407 e. The molecule has 0 spiro atoms. The second kappa shape index (κ2) is 14.3. The third kappa shape index (κ3) is 12.2. The van der Waals surface area contributed by atoms with Crippen molar-refractivity contribution in [2.75, 3.05) is 39.3 Å². The molecule has 0 unspecified atom stereocenters. The van der Waals surface area contributed by atoms with E-state index in [1.54, 1.807) is 0 Å². The number of aliphatic imine (C=N–C) groups is 1. The molecule has 0 aromatic rings. The molecule has 2 rings (SSSR count). The molecular formula is C22H43IN4O3. The molecule has 30 heavy (non-hydrogen) atoms. The number of hydrogen-bond acceptors (Lipinski definition) is 4. The van der Waals surface area contributed by atoms with Crippen LogP contribution in [0.15, 0.2) is 4.99 Å². The Morgan fingerprint density at radius 1 is 1.10 bits per heavy atom. The second-order valence-electron chi connectivity index (χ2n) is 9.16. The minimum Gasteiger partial charge on any atom is -0.444 e. The molecule has 2 fully saturated rings. The average Bonchev–Trinajstić information content (AvgIpc) is 3.47. The molecule has 8 heteroatoms. The van der Waals surface area contributed by atoms with Gasteiger partial charge < -0.3 is 25.0 Å². The first-order valence-corrected chi connectivity index (χ1v) is 11.5. The van der Waals surface area contributed by atoms with Crippen LogP contribution in [0, 0.1) is 5.92 Å². The standard InChI is InChI=1S/C22H42N4O3.HI/c1-5-23-20(24-13-6-8-18-9-10-18)26-15-11-19(12-16-26)28-17-7-14-25-21(27)29-22(2,3)4;/h18-19H,5-17H2,1-4H3,(H,23,24)(H,25,27);1H. The predicted molar refractivity (Wildman–Crippen MR) is 133 cm³/mol. The van der Waals surface area contributed by atoms with Gasteiger partial charge >= 0.3 is 6.09 Å². The minimum absolute atomic E-state index is 0. The lowest BCUT2D eigenvalue weighted by Gasteiger charge is -2.34. The SMILES string of the molecule is CCNC(=NCCCC1CC1)N1CCC(OCCCNC(=O)OC(C)(C)C)CC1.I. The van der Waals surface area contributed by atoms with Crippen molar-refractivity contribution in [3.8, 4) is 0 Å². The Bertz CT molecular complexity index is 513. The second-order valence-corrected chi connectivity index (χ2v) is 9.16. The Morgan fingerprint density at radius 3 is 2.40 bits per heavy atom. The lowest BCUT2D eigenvalue weighted by Crippen LogP contribution is -2.47. The number of carbonyl (C=O) groups is 1. The number of nitrogens with one attached hydrogen (secondary N) is 2. The number of hydrogen-bond donors (Lipinski definition) is 2. The third-order valence-electron chi connectivity index (χ3n) is 5.15. The van der Waals surface area contributed by atoms with Crippen LogP contribution >= 0.6 is 24.0 Å². The number of carbonyl (C=O) groups excluding carboxylic acids is 1. The van der Waals surface area contributed by atoms with Crippen molar-refractivity contribution >= 4 is 36.0 Å². The highest BCUT2D eigenvalue weighted by Gasteiger charge is 2.23. The van der Waals surface area contributed by atoms with Crippen molar-refractivity contribution in [1.82, 2.24) is 15.5 Å². The molecule has 1 heterocycles. The van der Waals surface area contributed by atoms with Crippen LogP contribution in [0.2, 0.25) is 0 Å². The molecule has 0 radical (unpaired) electrons. The Kier molecular flexibility index (Phi) is 13.0. The largest absolute Gasteiger partial charge is 0.444 e. The first-order valence-electron chi connectivity index (χ1n) is 11.5. The first kappa shape index (κ1) is 27.3. The summed E-state index contributed by atoms with van der Waals surface area (Å²) in [5.41, 5.74) is -0.458. The molecule has 1 aliphatic carbocycles. The van der Waals surface area contributed by atoms with E-state index in [-0.39, 0.29) is 30.1 Å². The molecule has 1 saturated carbocycles. The fourth-order valence-corrected chi connectivity index (χ4v) is 3.46. The summed E-state index contributed by atoms with van der Waals surface area (Å²) in [7, 11) is 0. The highest BCUT2D eigenvalue weighted by Crippen LogP contribution is 2.33. The summed E-state index contributed by atoms with van der Waals surface area (Å²) in [6.45, 7) is 12.8.